The van der Waals surface area contributed by atoms with Crippen molar-refractivity contribution >= 4 is 5.91 Å². The van der Waals surface area contributed by atoms with E-state index in [1.807, 2.05) is 0 Å². The minimum atomic E-state index is -0.449. The molecule has 80 valence electrons. The van der Waals surface area contributed by atoms with E-state index in [-0.39, 0.29) is 12.5 Å². The number of aliphatic hydroxyl groups excluding tert-OH is 1. The standard InChI is InChI=1S/C10H18N2O2/c1-4-9(14)11-10(7-13)5-12(6-10)8(2)3/h4,8,13H,1,5-7H2,2-3H3,(H,11,14). The summed E-state index contributed by atoms with van der Waals surface area (Å²) in [4.78, 5) is 13.3. The Kier molecular flexibility index (Phi) is 3.29. The third-order valence-corrected chi connectivity index (χ3v) is 2.62. The highest BCUT2D eigenvalue weighted by molar-refractivity contribution is 5.87. The highest BCUT2D eigenvalue weighted by Crippen LogP contribution is 2.22. The molecule has 1 aliphatic rings. The molecule has 0 aliphatic carbocycles. The summed E-state index contributed by atoms with van der Waals surface area (Å²) in [5.41, 5.74) is -0.449. The summed E-state index contributed by atoms with van der Waals surface area (Å²) in [5, 5.41) is 12.0. The van der Waals surface area contributed by atoms with Crippen molar-refractivity contribution in [3.63, 3.8) is 0 Å². The van der Waals surface area contributed by atoms with Gasteiger partial charge in [0, 0.05) is 19.1 Å². The molecule has 1 fully saturated rings. The van der Waals surface area contributed by atoms with E-state index in [1.165, 1.54) is 6.08 Å². The fourth-order valence-electron chi connectivity index (χ4n) is 1.63. The van der Waals surface area contributed by atoms with Crippen LogP contribution in [0, 0.1) is 0 Å². The van der Waals surface area contributed by atoms with Gasteiger partial charge in [-0.1, -0.05) is 6.58 Å². The Morgan fingerprint density at radius 3 is 2.64 bits per heavy atom. The van der Waals surface area contributed by atoms with Crippen LogP contribution in [0.1, 0.15) is 13.8 Å². The molecule has 1 rings (SSSR count). The fraction of sp³-hybridized carbons (Fsp3) is 0.700. The molecule has 0 bridgehead atoms. The summed E-state index contributed by atoms with van der Waals surface area (Å²) in [7, 11) is 0. The number of carbonyl (C=O) groups is 1. The number of nitrogens with one attached hydrogen (secondary N) is 1. The molecular formula is C10H18N2O2. The van der Waals surface area contributed by atoms with Gasteiger partial charge in [-0.05, 0) is 19.9 Å². The molecule has 1 heterocycles. The summed E-state index contributed by atoms with van der Waals surface area (Å²) in [6.07, 6.45) is 1.23. The number of hydrogen-bond acceptors (Lipinski definition) is 3. The Bertz CT molecular complexity index is 232. The average Bonchev–Trinajstić information content (AvgIpc) is 2.09. The van der Waals surface area contributed by atoms with E-state index in [1.54, 1.807) is 0 Å². The topological polar surface area (TPSA) is 52.6 Å². The molecule has 0 saturated carbocycles. The summed E-state index contributed by atoms with van der Waals surface area (Å²) < 4.78 is 0. The van der Waals surface area contributed by atoms with Crippen molar-refractivity contribution in [3.05, 3.63) is 12.7 Å². The first-order chi connectivity index (χ1) is 6.53. The molecule has 4 nitrogen and oxygen atoms in total. The van der Waals surface area contributed by atoms with Gasteiger partial charge in [0.15, 0.2) is 0 Å². The largest absolute Gasteiger partial charge is 0.394 e. The molecule has 4 heteroatoms. The Morgan fingerprint density at radius 2 is 2.29 bits per heavy atom. The molecule has 0 radical (unpaired) electrons. The monoisotopic (exact) mass is 198 g/mol. The molecular weight excluding hydrogens is 180 g/mol. The van der Waals surface area contributed by atoms with Crippen molar-refractivity contribution in [2.24, 2.45) is 0 Å². The van der Waals surface area contributed by atoms with Gasteiger partial charge in [-0.15, -0.1) is 0 Å². The Balaban J connectivity index is 2.48. The number of nitrogens with zero attached hydrogens (tertiary/aromatic N) is 1. The van der Waals surface area contributed by atoms with Crippen molar-refractivity contribution in [2.75, 3.05) is 19.7 Å². The third-order valence-electron chi connectivity index (χ3n) is 2.62. The first-order valence-electron chi connectivity index (χ1n) is 4.82. The van der Waals surface area contributed by atoms with E-state index < -0.39 is 5.54 Å². The van der Waals surface area contributed by atoms with Crippen LogP contribution in [0.3, 0.4) is 0 Å². The van der Waals surface area contributed by atoms with Crippen LogP contribution in [-0.4, -0.2) is 47.2 Å². The third kappa shape index (κ3) is 2.13. The van der Waals surface area contributed by atoms with Crippen LogP contribution < -0.4 is 5.32 Å². The zero-order chi connectivity index (χ0) is 10.8. The fourth-order valence-corrected chi connectivity index (χ4v) is 1.63. The highest BCUT2D eigenvalue weighted by atomic mass is 16.3. The smallest absolute Gasteiger partial charge is 0.243 e. The Hall–Kier alpha value is -0.870. The molecule has 1 aliphatic heterocycles. The molecule has 0 aromatic carbocycles. The maximum absolute atomic E-state index is 11.1. The normalized spacial score (nSPS) is 20.3. The number of rotatable bonds is 4. The molecule has 0 unspecified atom stereocenters. The SMILES string of the molecule is C=CC(=O)NC1(CO)CN(C(C)C)C1. The van der Waals surface area contributed by atoms with Gasteiger partial charge in [-0.25, -0.2) is 0 Å². The summed E-state index contributed by atoms with van der Waals surface area (Å²) >= 11 is 0. The molecule has 2 N–H and O–H groups in total. The van der Waals surface area contributed by atoms with Gasteiger partial charge < -0.3 is 10.4 Å². The molecule has 0 atom stereocenters. The van der Waals surface area contributed by atoms with Crippen molar-refractivity contribution in [3.8, 4) is 0 Å². The summed E-state index contributed by atoms with van der Waals surface area (Å²) in [5.74, 6) is -0.220. The van der Waals surface area contributed by atoms with Crippen LogP contribution in [0.4, 0.5) is 0 Å². The molecule has 1 amide bonds. The second-order valence-electron chi connectivity index (χ2n) is 4.13. The van der Waals surface area contributed by atoms with Gasteiger partial charge in [0.2, 0.25) is 5.91 Å². The number of aliphatic hydroxyl groups is 1. The van der Waals surface area contributed by atoms with E-state index in [0.29, 0.717) is 19.1 Å². The van der Waals surface area contributed by atoms with Crippen molar-refractivity contribution in [2.45, 2.75) is 25.4 Å². The van der Waals surface area contributed by atoms with Gasteiger partial charge in [-0.3, -0.25) is 9.69 Å². The lowest BCUT2D eigenvalue weighted by Crippen LogP contribution is -2.73. The van der Waals surface area contributed by atoms with Gasteiger partial charge in [0.1, 0.15) is 0 Å². The predicted octanol–water partition coefficient (Wildman–Crippen LogP) is -0.256. The number of carbonyl (C=O) groups excluding carboxylic acids is 1. The molecule has 0 aromatic rings. The van der Waals surface area contributed by atoms with Gasteiger partial charge in [0.25, 0.3) is 0 Å². The quantitative estimate of drug-likeness (QED) is 0.612. The maximum Gasteiger partial charge on any atom is 0.243 e. The Morgan fingerprint density at radius 1 is 1.71 bits per heavy atom. The van der Waals surface area contributed by atoms with Gasteiger partial charge >= 0.3 is 0 Å². The van der Waals surface area contributed by atoms with Crippen LogP contribution in [0.5, 0.6) is 0 Å². The zero-order valence-corrected chi connectivity index (χ0v) is 8.79. The van der Waals surface area contributed by atoms with Gasteiger partial charge in [0.05, 0.1) is 12.1 Å². The lowest BCUT2D eigenvalue weighted by molar-refractivity contribution is -0.123. The van der Waals surface area contributed by atoms with Crippen LogP contribution >= 0.6 is 0 Å². The molecule has 0 aromatic heterocycles. The van der Waals surface area contributed by atoms with E-state index in [9.17, 15) is 9.90 Å². The minimum absolute atomic E-state index is 0.0181. The predicted molar refractivity (Wildman–Crippen MR) is 54.9 cm³/mol. The van der Waals surface area contributed by atoms with Crippen LogP contribution in [0.15, 0.2) is 12.7 Å². The van der Waals surface area contributed by atoms with E-state index >= 15 is 0 Å². The lowest BCUT2D eigenvalue weighted by Gasteiger charge is -2.51. The van der Waals surface area contributed by atoms with E-state index in [0.717, 1.165) is 0 Å². The van der Waals surface area contributed by atoms with Crippen molar-refractivity contribution in [1.29, 1.82) is 0 Å². The Labute approximate surface area is 84.6 Å². The van der Waals surface area contributed by atoms with Crippen LogP contribution in [0.25, 0.3) is 0 Å². The van der Waals surface area contributed by atoms with Crippen LogP contribution in [-0.2, 0) is 4.79 Å². The van der Waals surface area contributed by atoms with Gasteiger partial charge in [-0.2, -0.15) is 0 Å². The van der Waals surface area contributed by atoms with Crippen LogP contribution in [0.2, 0.25) is 0 Å². The summed E-state index contributed by atoms with van der Waals surface area (Å²) in [6, 6.07) is 0.454. The molecule has 0 spiro atoms. The zero-order valence-electron chi connectivity index (χ0n) is 8.79. The van der Waals surface area contributed by atoms with Crippen molar-refractivity contribution < 1.29 is 9.90 Å². The number of hydrogen-bond donors (Lipinski definition) is 2. The first-order valence-corrected chi connectivity index (χ1v) is 4.82. The highest BCUT2D eigenvalue weighted by Gasteiger charge is 2.44. The minimum Gasteiger partial charge on any atom is -0.394 e. The average molecular weight is 198 g/mol. The first kappa shape index (κ1) is 11.2. The van der Waals surface area contributed by atoms with E-state index in [4.69, 9.17) is 0 Å². The number of amides is 1. The van der Waals surface area contributed by atoms with E-state index in [2.05, 4.69) is 30.6 Å². The molecule has 14 heavy (non-hydrogen) atoms. The summed E-state index contributed by atoms with van der Waals surface area (Å²) in [6.45, 7) is 8.97. The second kappa shape index (κ2) is 4.11. The van der Waals surface area contributed by atoms with Crippen molar-refractivity contribution in [1.82, 2.24) is 10.2 Å². The second-order valence-corrected chi connectivity index (χ2v) is 4.13. The lowest BCUT2D eigenvalue weighted by atomic mass is 9.89. The number of likely N-dealkylation sites (tertiary alicyclic amines) is 1. The maximum atomic E-state index is 11.1. The molecule has 1 saturated heterocycles.